The summed E-state index contributed by atoms with van der Waals surface area (Å²) in [6, 6.07) is 18.7. The minimum atomic E-state index is -0.180. The summed E-state index contributed by atoms with van der Waals surface area (Å²) in [4.78, 5) is 12.1. The molecule has 6 heteroatoms. The van der Waals surface area contributed by atoms with Gasteiger partial charge in [-0.3, -0.25) is 4.57 Å². The van der Waals surface area contributed by atoms with E-state index in [9.17, 15) is 4.79 Å². The molecule has 3 aromatic rings. The van der Waals surface area contributed by atoms with Crippen molar-refractivity contribution in [2.45, 2.75) is 30.3 Å². The van der Waals surface area contributed by atoms with Crippen LogP contribution in [-0.2, 0) is 11.3 Å². The molecule has 1 atom stereocenters. The van der Waals surface area contributed by atoms with E-state index in [0.717, 1.165) is 6.42 Å². The van der Waals surface area contributed by atoms with Crippen molar-refractivity contribution in [2.24, 2.45) is 0 Å². The fourth-order valence-corrected chi connectivity index (χ4v) is 4.18. The largest absolute Gasteiger partial charge is 0.385 e. The van der Waals surface area contributed by atoms with E-state index in [0.29, 0.717) is 18.3 Å². The second kappa shape index (κ2) is 8.87. The number of thioether (sulfide) groups is 1. The van der Waals surface area contributed by atoms with Crippen LogP contribution in [-0.4, -0.2) is 28.5 Å². The molecule has 1 heterocycles. The smallest absolute Gasteiger partial charge is 0.343 e. The van der Waals surface area contributed by atoms with Gasteiger partial charge in [-0.2, -0.15) is 0 Å². The molecule has 136 valence electrons. The molecule has 2 aromatic carbocycles. The molecule has 0 aliphatic carbocycles. The number of aromatic amines is 1. The lowest BCUT2D eigenvalue weighted by atomic mass is 10.0. The number of rotatable bonds is 8. The lowest BCUT2D eigenvalue weighted by Crippen LogP contribution is -2.18. The Bertz CT molecular complexity index is 889. The third-order valence-corrected chi connectivity index (χ3v) is 5.53. The Morgan fingerprint density at radius 1 is 1.15 bits per heavy atom. The first-order valence-electron chi connectivity index (χ1n) is 8.62. The number of methoxy groups -OCH3 is 1. The van der Waals surface area contributed by atoms with E-state index < -0.39 is 0 Å². The number of H-pyrrole nitrogens is 1. The molecular formula is C20H23N3O2S. The quantitative estimate of drug-likeness (QED) is 0.485. The van der Waals surface area contributed by atoms with Gasteiger partial charge in [0.2, 0.25) is 0 Å². The molecule has 0 radical (unpaired) electrons. The standard InChI is InChI=1S/C20H23N3O2S/c1-15-9-6-7-12-17(15)18(16-10-4-3-5-11-16)26-20-22-21-19(24)23(20)13-8-14-25-2/h3-7,9-12,18H,8,13-14H2,1-2H3,(H,21,24). The van der Waals surface area contributed by atoms with E-state index in [-0.39, 0.29) is 10.9 Å². The topological polar surface area (TPSA) is 59.9 Å². The number of nitrogens with one attached hydrogen (secondary N) is 1. The maximum absolute atomic E-state index is 12.1. The van der Waals surface area contributed by atoms with Gasteiger partial charge in [-0.05, 0) is 30.0 Å². The highest BCUT2D eigenvalue weighted by Gasteiger charge is 2.21. The van der Waals surface area contributed by atoms with Gasteiger partial charge >= 0.3 is 5.69 Å². The lowest BCUT2D eigenvalue weighted by molar-refractivity contribution is 0.189. The Balaban J connectivity index is 1.95. The monoisotopic (exact) mass is 369 g/mol. The predicted molar refractivity (Wildman–Crippen MR) is 105 cm³/mol. The van der Waals surface area contributed by atoms with Crippen LogP contribution in [0.15, 0.2) is 64.5 Å². The van der Waals surface area contributed by atoms with E-state index in [4.69, 9.17) is 4.74 Å². The molecule has 1 aromatic heterocycles. The van der Waals surface area contributed by atoms with Crippen LogP contribution in [0, 0.1) is 6.92 Å². The molecule has 0 amide bonds. The summed E-state index contributed by atoms with van der Waals surface area (Å²) in [6.45, 7) is 3.31. The Kier molecular flexibility index (Phi) is 6.30. The number of aryl methyl sites for hydroxylation is 1. The zero-order valence-electron chi connectivity index (χ0n) is 15.0. The number of benzene rings is 2. The molecule has 0 aliphatic rings. The molecule has 0 saturated heterocycles. The van der Waals surface area contributed by atoms with Crippen LogP contribution in [0.1, 0.15) is 28.4 Å². The van der Waals surface area contributed by atoms with E-state index in [2.05, 4.69) is 47.5 Å². The first-order chi connectivity index (χ1) is 12.7. The first-order valence-corrected chi connectivity index (χ1v) is 9.50. The van der Waals surface area contributed by atoms with E-state index >= 15 is 0 Å². The third-order valence-electron chi connectivity index (χ3n) is 4.25. The second-order valence-corrected chi connectivity index (χ2v) is 7.15. The summed E-state index contributed by atoms with van der Waals surface area (Å²) < 4.78 is 6.79. The molecule has 0 bridgehead atoms. The molecule has 0 fully saturated rings. The molecule has 26 heavy (non-hydrogen) atoms. The fraction of sp³-hybridized carbons (Fsp3) is 0.300. The number of nitrogens with zero attached hydrogens (tertiary/aromatic N) is 2. The lowest BCUT2D eigenvalue weighted by Gasteiger charge is -2.19. The van der Waals surface area contributed by atoms with Crippen molar-refractivity contribution in [1.29, 1.82) is 0 Å². The van der Waals surface area contributed by atoms with Crippen LogP contribution in [0.4, 0.5) is 0 Å². The van der Waals surface area contributed by atoms with Crippen LogP contribution < -0.4 is 5.69 Å². The average Bonchev–Trinajstić information content (AvgIpc) is 3.01. The molecule has 3 rings (SSSR count). The van der Waals surface area contributed by atoms with Crippen LogP contribution in [0.5, 0.6) is 0 Å². The summed E-state index contributed by atoms with van der Waals surface area (Å²) in [5.74, 6) is 0. The van der Waals surface area contributed by atoms with E-state index in [1.165, 1.54) is 16.7 Å². The van der Waals surface area contributed by atoms with Crippen molar-refractivity contribution in [3.05, 3.63) is 81.8 Å². The normalized spacial score (nSPS) is 12.2. The van der Waals surface area contributed by atoms with Gasteiger partial charge in [0.05, 0.1) is 5.25 Å². The van der Waals surface area contributed by atoms with Crippen molar-refractivity contribution in [3.63, 3.8) is 0 Å². The maximum atomic E-state index is 12.1. The number of hydrogen-bond donors (Lipinski definition) is 1. The van der Waals surface area contributed by atoms with Crippen molar-refractivity contribution < 1.29 is 4.74 Å². The zero-order valence-corrected chi connectivity index (χ0v) is 15.8. The van der Waals surface area contributed by atoms with Crippen molar-refractivity contribution in [3.8, 4) is 0 Å². The van der Waals surface area contributed by atoms with Gasteiger partial charge in [-0.1, -0.05) is 66.4 Å². The van der Waals surface area contributed by atoms with Gasteiger partial charge in [-0.15, -0.1) is 5.10 Å². The van der Waals surface area contributed by atoms with Crippen LogP contribution in [0.2, 0.25) is 0 Å². The van der Waals surface area contributed by atoms with E-state index in [1.807, 2.05) is 24.3 Å². The minimum Gasteiger partial charge on any atom is -0.385 e. The van der Waals surface area contributed by atoms with Crippen LogP contribution in [0.3, 0.4) is 0 Å². The van der Waals surface area contributed by atoms with Gasteiger partial charge < -0.3 is 4.74 Å². The zero-order chi connectivity index (χ0) is 18.4. The van der Waals surface area contributed by atoms with Crippen LogP contribution in [0.25, 0.3) is 0 Å². The average molecular weight is 369 g/mol. The summed E-state index contributed by atoms with van der Waals surface area (Å²) in [6.07, 6.45) is 0.768. The highest BCUT2D eigenvalue weighted by Crippen LogP contribution is 2.40. The fourth-order valence-electron chi connectivity index (χ4n) is 2.88. The molecule has 1 unspecified atom stereocenters. The highest BCUT2D eigenvalue weighted by atomic mass is 32.2. The predicted octanol–water partition coefficient (Wildman–Crippen LogP) is 3.80. The van der Waals surface area contributed by atoms with Gasteiger partial charge in [0.25, 0.3) is 0 Å². The molecule has 5 nitrogen and oxygen atoms in total. The Morgan fingerprint density at radius 3 is 2.62 bits per heavy atom. The van der Waals surface area contributed by atoms with Crippen molar-refractivity contribution in [1.82, 2.24) is 14.8 Å². The summed E-state index contributed by atoms with van der Waals surface area (Å²) >= 11 is 1.59. The molecule has 0 aliphatic heterocycles. The number of hydrogen-bond acceptors (Lipinski definition) is 4. The van der Waals surface area contributed by atoms with Crippen LogP contribution >= 0.6 is 11.8 Å². The minimum absolute atomic E-state index is 0.0637. The Labute approximate surface area is 157 Å². The summed E-state index contributed by atoms with van der Waals surface area (Å²) in [5.41, 5.74) is 3.45. The molecule has 1 N–H and O–H groups in total. The SMILES string of the molecule is COCCCn1c(SC(c2ccccc2)c2ccccc2C)n[nH]c1=O. The second-order valence-electron chi connectivity index (χ2n) is 6.07. The van der Waals surface area contributed by atoms with Crippen molar-refractivity contribution >= 4 is 11.8 Å². The maximum Gasteiger partial charge on any atom is 0.343 e. The van der Waals surface area contributed by atoms with Gasteiger partial charge in [0, 0.05) is 20.3 Å². The van der Waals surface area contributed by atoms with Gasteiger partial charge in [0.15, 0.2) is 5.16 Å². The summed E-state index contributed by atoms with van der Waals surface area (Å²) in [5, 5.41) is 7.61. The molecule has 0 saturated carbocycles. The highest BCUT2D eigenvalue weighted by molar-refractivity contribution is 7.99. The molecule has 0 spiro atoms. The van der Waals surface area contributed by atoms with E-state index in [1.54, 1.807) is 23.4 Å². The Hall–Kier alpha value is -2.31. The van der Waals surface area contributed by atoms with Gasteiger partial charge in [-0.25, -0.2) is 9.89 Å². The first kappa shape index (κ1) is 18.5. The number of aromatic nitrogens is 3. The summed E-state index contributed by atoms with van der Waals surface area (Å²) in [7, 11) is 1.66. The van der Waals surface area contributed by atoms with Gasteiger partial charge in [0.1, 0.15) is 0 Å². The number of ether oxygens (including phenoxy) is 1. The Morgan fingerprint density at radius 2 is 1.88 bits per heavy atom. The van der Waals surface area contributed by atoms with Crippen molar-refractivity contribution in [2.75, 3.05) is 13.7 Å². The third kappa shape index (κ3) is 4.26. The molecular weight excluding hydrogens is 346 g/mol.